The van der Waals surface area contributed by atoms with Gasteiger partial charge in [0.2, 0.25) is 0 Å². The van der Waals surface area contributed by atoms with Crippen molar-refractivity contribution in [2.75, 3.05) is 6.26 Å². The monoisotopic (exact) mass is 292 g/mol. The van der Waals surface area contributed by atoms with Crippen LogP contribution < -0.4 is 0 Å². The van der Waals surface area contributed by atoms with Crippen LogP contribution in [0.15, 0.2) is 63.2 Å². The first-order valence-corrected chi connectivity index (χ1v) is 8.23. The number of aldehydes is 1. The van der Waals surface area contributed by atoms with Gasteiger partial charge in [-0.05, 0) is 30.3 Å². The molecule has 0 amide bonds. The molecular formula is C14H12O3S2. The summed E-state index contributed by atoms with van der Waals surface area (Å²) in [5.41, 5.74) is 0.625. The van der Waals surface area contributed by atoms with Crippen molar-refractivity contribution in [2.24, 2.45) is 0 Å². The molecule has 0 N–H and O–H groups in total. The summed E-state index contributed by atoms with van der Waals surface area (Å²) in [6, 6.07) is 13.9. The van der Waals surface area contributed by atoms with Crippen LogP contribution in [-0.2, 0) is 9.84 Å². The lowest BCUT2D eigenvalue weighted by molar-refractivity contribution is 0.112. The normalized spacial score (nSPS) is 11.2. The summed E-state index contributed by atoms with van der Waals surface area (Å²) in [7, 11) is -3.17. The van der Waals surface area contributed by atoms with E-state index < -0.39 is 9.84 Å². The van der Waals surface area contributed by atoms with Crippen LogP contribution in [-0.4, -0.2) is 21.0 Å². The maximum Gasteiger partial charge on any atom is 0.175 e. The van der Waals surface area contributed by atoms with E-state index in [1.807, 2.05) is 12.1 Å². The smallest absolute Gasteiger partial charge is 0.175 e. The summed E-state index contributed by atoms with van der Waals surface area (Å²) in [5.74, 6) is 0. The van der Waals surface area contributed by atoms with Gasteiger partial charge in [-0.15, -0.1) is 0 Å². The first kappa shape index (κ1) is 13.8. The van der Waals surface area contributed by atoms with Crippen LogP contribution in [0.5, 0.6) is 0 Å². The lowest BCUT2D eigenvalue weighted by atomic mass is 10.2. The second kappa shape index (κ2) is 5.59. The molecular weight excluding hydrogens is 280 g/mol. The van der Waals surface area contributed by atoms with E-state index in [1.165, 1.54) is 18.0 Å². The number of hydrogen-bond donors (Lipinski definition) is 0. The fourth-order valence-electron chi connectivity index (χ4n) is 1.55. The summed E-state index contributed by atoms with van der Waals surface area (Å²) < 4.78 is 22.7. The molecule has 5 heteroatoms. The molecule has 0 saturated heterocycles. The molecule has 0 saturated carbocycles. The topological polar surface area (TPSA) is 51.2 Å². The fourth-order valence-corrected chi connectivity index (χ4v) is 3.09. The van der Waals surface area contributed by atoms with E-state index in [2.05, 4.69) is 0 Å². The van der Waals surface area contributed by atoms with Gasteiger partial charge >= 0.3 is 0 Å². The molecule has 0 aliphatic rings. The summed E-state index contributed by atoms with van der Waals surface area (Å²) in [4.78, 5) is 12.9. The zero-order valence-corrected chi connectivity index (χ0v) is 11.9. The molecule has 19 heavy (non-hydrogen) atoms. The van der Waals surface area contributed by atoms with Crippen LogP contribution in [0.4, 0.5) is 0 Å². The van der Waals surface area contributed by atoms with Gasteiger partial charge in [-0.1, -0.05) is 30.0 Å². The number of sulfone groups is 1. The van der Waals surface area contributed by atoms with E-state index in [-0.39, 0.29) is 0 Å². The Bertz CT molecular complexity index is 689. The Morgan fingerprint density at radius 3 is 2.21 bits per heavy atom. The van der Waals surface area contributed by atoms with Crippen molar-refractivity contribution in [2.45, 2.75) is 14.7 Å². The molecule has 0 aliphatic carbocycles. The van der Waals surface area contributed by atoms with E-state index in [0.29, 0.717) is 10.5 Å². The van der Waals surface area contributed by atoms with Gasteiger partial charge in [0.1, 0.15) is 0 Å². The highest BCUT2D eigenvalue weighted by molar-refractivity contribution is 7.99. The van der Waals surface area contributed by atoms with Crippen LogP contribution in [0.25, 0.3) is 0 Å². The Morgan fingerprint density at radius 2 is 1.63 bits per heavy atom. The average molecular weight is 292 g/mol. The maximum atomic E-state index is 11.3. The van der Waals surface area contributed by atoms with Crippen molar-refractivity contribution in [1.29, 1.82) is 0 Å². The van der Waals surface area contributed by atoms with Crippen molar-refractivity contribution in [3.05, 3.63) is 54.1 Å². The third-order valence-corrected chi connectivity index (χ3v) is 4.75. The van der Waals surface area contributed by atoms with Crippen molar-refractivity contribution in [3.8, 4) is 0 Å². The van der Waals surface area contributed by atoms with E-state index in [0.717, 1.165) is 16.1 Å². The zero-order valence-electron chi connectivity index (χ0n) is 10.2. The van der Waals surface area contributed by atoms with Crippen LogP contribution in [0.2, 0.25) is 0 Å². The maximum absolute atomic E-state index is 11.3. The van der Waals surface area contributed by atoms with Crippen molar-refractivity contribution in [3.63, 3.8) is 0 Å². The minimum absolute atomic E-state index is 0.292. The Kier molecular flexibility index (Phi) is 4.07. The number of carbonyl (C=O) groups excluding carboxylic acids is 1. The van der Waals surface area contributed by atoms with E-state index in [9.17, 15) is 13.2 Å². The van der Waals surface area contributed by atoms with Gasteiger partial charge in [-0.2, -0.15) is 0 Å². The Hall–Kier alpha value is -1.59. The van der Waals surface area contributed by atoms with E-state index >= 15 is 0 Å². The molecule has 2 aromatic rings. The van der Waals surface area contributed by atoms with Crippen LogP contribution in [0, 0.1) is 0 Å². The van der Waals surface area contributed by atoms with E-state index in [1.54, 1.807) is 36.4 Å². The van der Waals surface area contributed by atoms with Gasteiger partial charge in [-0.3, -0.25) is 4.79 Å². The third kappa shape index (κ3) is 3.45. The average Bonchev–Trinajstić information content (AvgIpc) is 2.39. The molecule has 2 aromatic carbocycles. The largest absolute Gasteiger partial charge is 0.298 e. The number of rotatable bonds is 4. The van der Waals surface area contributed by atoms with Crippen molar-refractivity contribution >= 4 is 27.9 Å². The standard InChI is InChI=1S/C14H12O3S2/c1-19(16,17)13-8-6-12(7-9-13)18-14-5-3-2-4-11(14)10-15/h2-10H,1H3. The molecule has 0 heterocycles. The predicted molar refractivity (Wildman–Crippen MR) is 75.5 cm³/mol. The van der Waals surface area contributed by atoms with Gasteiger partial charge in [0.25, 0.3) is 0 Å². The Balaban J connectivity index is 2.27. The first-order chi connectivity index (χ1) is 9.00. The second-order valence-electron chi connectivity index (χ2n) is 4.00. The summed E-state index contributed by atoms with van der Waals surface area (Å²) in [5, 5.41) is 0. The zero-order chi connectivity index (χ0) is 13.9. The highest BCUT2D eigenvalue weighted by Gasteiger charge is 2.07. The minimum atomic E-state index is -3.17. The Labute approximate surface area is 116 Å². The fraction of sp³-hybridized carbons (Fsp3) is 0.0714. The van der Waals surface area contributed by atoms with E-state index in [4.69, 9.17) is 0 Å². The SMILES string of the molecule is CS(=O)(=O)c1ccc(Sc2ccccc2C=O)cc1. The van der Waals surface area contributed by atoms with Crippen molar-refractivity contribution in [1.82, 2.24) is 0 Å². The number of hydrogen-bond acceptors (Lipinski definition) is 4. The number of carbonyl (C=O) groups is 1. The first-order valence-electron chi connectivity index (χ1n) is 5.53. The van der Waals surface area contributed by atoms with Gasteiger partial charge in [0.05, 0.1) is 4.90 Å². The predicted octanol–water partition coefficient (Wildman–Crippen LogP) is 3.05. The lowest BCUT2D eigenvalue weighted by Gasteiger charge is -2.05. The second-order valence-corrected chi connectivity index (χ2v) is 7.13. The molecule has 2 rings (SSSR count). The quantitative estimate of drug-likeness (QED) is 0.813. The molecule has 0 fully saturated rings. The summed E-state index contributed by atoms with van der Waals surface area (Å²) >= 11 is 1.43. The van der Waals surface area contributed by atoms with Crippen LogP contribution >= 0.6 is 11.8 Å². The molecule has 0 unspecified atom stereocenters. The lowest BCUT2D eigenvalue weighted by Crippen LogP contribution is -1.96. The highest BCUT2D eigenvalue weighted by Crippen LogP contribution is 2.30. The van der Waals surface area contributed by atoms with Crippen molar-refractivity contribution < 1.29 is 13.2 Å². The summed E-state index contributed by atoms with van der Waals surface area (Å²) in [6.07, 6.45) is 1.99. The molecule has 0 aromatic heterocycles. The van der Waals surface area contributed by atoms with Gasteiger partial charge in [0.15, 0.2) is 16.1 Å². The molecule has 3 nitrogen and oxygen atoms in total. The van der Waals surface area contributed by atoms with Gasteiger partial charge in [0, 0.05) is 21.6 Å². The van der Waals surface area contributed by atoms with Gasteiger partial charge < -0.3 is 0 Å². The highest BCUT2D eigenvalue weighted by atomic mass is 32.2. The van der Waals surface area contributed by atoms with Crippen LogP contribution in [0.3, 0.4) is 0 Å². The molecule has 0 spiro atoms. The molecule has 0 atom stereocenters. The third-order valence-electron chi connectivity index (χ3n) is 2.53. The van der Waals surface area contributed by atoms with Crippen LogP contribution in [0.1, 0.15) is 10.4 Å². The molecule has 0 aliphatic heterocycles. The molecule has 0 bridgehead atoms. The molecule has 98 valence electrons. The van der Waals surface area contributed by atoms with Gasteiger partial charge in [-0.25, -0.2) is 8.42 Å². The Morgan fingerprint density at radius 1 is 1.00 bits per heavy atom. The summed E-state index contributed by atoms with van der Waals surface area (Å²) in [6.45, 7) is 0. The number of benzene rings is 2. The minimum Gasteiger partial charge on any atom is -0.298 e. The molecule has 0 radical (unpaired) electrons.